The zero-order valence-corrected chi connectivity index (χ0v) is 15.3. The molecule has 2 aliphatic heterocycles. The Morgan fingerprint density at radius 1 is 1.18 bits per heavy atom. The molecule has 0 radical (unpaired) electrons. The molecule has 2 aromatic rings. The van der Waals surface area contributed by atoms with Gasteiger partial charge in [0.1, 0.15) is 11.4 Å². The summed E-state index contributed by atoms with van der Waals surface area (Å²) in [6, 6.07) is 3.56. The lowest BCUT2D eigenvalue weighted by Gasteiger charge is -2.35. The predicted octanol–water partition coefficient (Wildman–Crippen LogP) is 1.43. The number of aromatic nitrogens is 1. The first-order valence-corrected chi connectivity index (χ1v) is 9.71. The van der Waals surface area contributed by atoms with E-state index in [0.29, 0.717) is 30.3 Å². The number of rotatable bonds is 5. The van der Waals surface area contributed by atoms with Crippen LogP contribution in [0, 0.1) is 5.82 Å². The number of pyridine rings is 1. The smallest absolute Gasteiger partial charge is 0.341 e. The number of aliphatic hydroxyl groups excluding tert-OH is 1. The van der Waals surface area contributed by atoms with E-state index in [0.717, 1.165) is 25.8 Å². The van der Waals surface area contributed by atoms with E-state index in [4.69, 9.17) is 0 Å². The Hall–Kier alpha value is -2.45. The first-order valence-electron chi connectivity index (χ1n) is 9.71. The summed E-state index contributed by atoms with van der Waals surface area (Å²) in [5.41, 5.74) is 0.123. The van der Waals surface area contributed by atoms with Crippen LogP contribution in [0.5, 0.6) is 0 Å². The summed E-state index contributed by atoms with van der Waals surface area (Å²) in [4.78, 5) is 28.3. The van der Waals surface area contributed by atoms with E-state index >= 15 is 4.39 Å². The number of piperazine rings is 1. The molecule has 2 atom stereocenters. The average Bonchev–Trinajstić information content (AvgIpc) is 3.32. The number of nitrogens with zero attached hydrogens (tertiary/aromatic N) is 3. The van der Waals surface area contributed by atoms with Gasteiger partial charge >= 0.3 is 5.97 Å². The Bertz CT molecular complexity index is 1030. The first-order chi connectivity index (χ1) is 13.5. The summed E-state index contributed by atoms with van der Waals surface area (Å²) >= 11 is 0. The second-order valence-corrected chi connectivity index (χ2v) is 8.05. The van der Waals surface area contributed by atoms with E-state index in [1.165, 1.54) is 12.3 Å². The van der Waals surface area contributed by atoms with Crippen LogP contribution in [0.25, 0.3) is 10.9 Å². The fourth-order valence-electron chi connectivity index (χ4n) is 4.83. The van der Waals surface area contributed by atoms with Crippen LogP contribution < -0.4 is 10.3 Å². The number of fused-ring (bicyclic) bond motifs is 3. The van der Waals surface area contributed by atoms with Crippen molar-refractivity contribution in [1.82, 2.24) is 9.47 Å². The number of halogens is 1. The molecule has 1 saturated carbocycles. The number of aromatic carboxylic acids is 1. The van der Waals surface area contributed by atoms with Crippen LogP contribution in [0.15, 0.2) is 23.1 Å². The van der Waals surface area contributed by atoms with Crippen molar-refractivity contribution in [3.8, 4) is 0 Å². The van der Waals surface area contributed by atoms with Crippen LogP contribution in [0.3, 0.4) is 0 Å². The zero-order valence-electron chi connectivity index (χ0n) is 15.3. The molecular weight excluding hydrogens is 365 g/mol. The molecule has 8 heteroatoms. The quantitative estimate of drug-likeness (QED) is 0.807. The van der Waals surface area contributed by atoms with Gasteiger partial charge in [-0.1, -0.05) is 0 Å². The number of hydrogen-bond acceptors (Lipinski definition) is 5. The molecule has 1 aromatic heterocycles. The van der Waals surface area contributed by atoms with Crippen molar-refractivity contribution < 1.29 is 19.4 Å². The Morgan fingerprint density at radius 2 is 1.96 bits per heavy atom. The third-order valence-electron chi connectivity index (χ3n) is 6.32. The topological polar surface area (TPSA) is 86.0 Å². The molecule has 28 heavy (non-hydrogen) atoms. The molecule has 1 aliphatic carbocycles. The van der Waals surface area contributed by atoms with Gasteiger partial charge in [0.25, 0.3) is 0 Å². The molecule has 3 aliphatic rings. The van der Waals surface area contributed by atoms with Crippen molar-refractivity contribution in [3.63, 3.8) is 0 Å². The summed E-state index contributed by atoms with van der Waals surface area (Å²) in [7, 11) is 0. The van der Waals surface area contributed by atoms with Crippen molar-refractivity contribution in [3.05, 3.63) is 39.9 Å². The van der Waals surface area contributed by atoms with Gasteiger partial charge in [-0.3, -0.25) is 9.69 Å². The van der Waals surface area contributed by atoms with Crippen LogP contribution in [-0.2, 0) is 0 Å². The number of aliphatic hydroxyl groups is 1. The van der Waals surface area contributed by atoms with Gasteiger partial charge in [0, 0.05) is 49.3 Å². The maximum Gasteiger partial charge on any atom is 0.341 e. The lowest BCUT2D eigenvalue weighted by molar-refractivity contribution is 0.0695. The van der Waals surface area contributed by atoms with Gasteiger partial charge in [-0.25, -0.2) is 9.18 Å². The van der Waals surface area contributed by atoms with E-state index in [9.17, 15) is 19.8 Å². The highest BCUT2D eigenvalue weighted by Crippen LogP contribution is 2.40. The molecule has 2 bridgehead atoms. The van der Waals surface area contributed by atoms with Crippen molar-refractivity contribution in [2.24, 2.45) is 0 Å². The van der Waals surface area contributed by atoms with E-state index in [2.05, 4.69) is 9.80 Å². The Kier molecular flexibility index (Phi) is 3.96. The Labute approximate surface area is 160 Å². The fraction of sp³-hybridized carbons (Fsp3) is 0.500. The first kappa shape index (κ1) is 17.6. The van der Waals surface area contributed by atoms with Crippen LogP contribution in [0.4, 0.5) is 10.1 Å². The molecule has 2 saturated heterocycles. The van der Waals surface area contributed by atoms with Crippen LogP contribution in [0.2, 0.25) is 0 Å². The summed E-state index contributed by atoms with van der Waals surface area (Å²) in [6.07, 6.45) is 4.19. The SMILES string of the molecule is O=C(O)c1cn(C2CC2)c2cc(N3CC4CC3CN4CCO)c(F)cc2c1=O. The van der Waals surface area contributed by atoms with Crippen molar-refractivity contribution >= 4 is 22.6 Å². The van der Waals surface area contributed by atoms with Gasteiger partial charge in [-0.2, -0.15) is 0 Å². The molecule has 1 aromatic carbocycles. The zero-order chi connectivity index (χ0) is 19.6. The minimum absolute atomic E-state index is 0.118. The third kappa shape index (κ3) is 2.62. The molecule has 2 N–H and O–H groups in total. The molecule has 2 unspecified atom stereocenters. The molecular formula is C20H22FN3O4. The van der Waals surface area contributed by atoms with E-state index in [-0.39, 0.29) is 29.6 Å². The van der Waals surface area contributed by atoms with Crippen molar-refractivity contribution in [1.29, 1.82) is 0 Å². The number of anilines is 1. The maximum atomic E-state index is 15.0. The van der Waals surface area contributed by atoms with Crippen molar-refractivity contribution in [2.75, 3.05) is 31.1 Å². The minimum atomic E-state index is -1.29. The second kappa shape index (κ2) is 6.28. The van der Waals surface area contributed by atoms with Gasteiger partial charge < -0.3 is 19.7 Å². The number of carbonyl (C=O) groups is 1. The summed E-state index contributed by atoms with van der Waals surface area (Å²) in [5.74, 6) is -1.78. The second-order valence-electron chi connectivity index (χ2n) is 8.05. The lowest BCUT2D eigenvalue weighted by Crippen LogP contribution is -2.47. The fourth-order valence-corrected chi connectivity index (χ4v) is 4.83. The number of carboxylic acids is 1. The number of carboxylic acid groups (broad SMARTS) is 1. The minimum Gasteiger partial charge on any atom is -0.477 e. The largest absolute Gasteiger partial charge is 0.477 e. The highest BCUT2D eigenvalue weighted by molar-refractivity contribution is 5.93. The number of benzene rings is 1. The van der Waals surface area contributed by atoms with Crippen molar-refractivity contribution in [2.45, 2.75) is 37.4 Å². The standard InChI is InChI=1S/C20H22FN3O4/c21-16-6-14-17(24(11-1-2-11)10-15(19(14)26)20(27)28)7-18(16)23-9-12-5-13(23)8-22(12)3-4-25/h6-7,10-13,25H,1-5,8-9H2,(H,27,28). The van der Waals surface area contributed by atoms with Gasteiger partial charge in [-0.15, -0.1) is 0 Å². The van der Waals surface area contributed by atoms with Crippen LogP contribution >= 0.6 is 0 Å². The number of likely N-dealkylation sites (tertiary alicyclic amines) is 1. The maximum absolute atomic E-state index is 15.0. The summed E-state index contributed by atoms with van der Waals surface area (Å²) in [6.45, 7) is 2.23. The summed E-state index contributed by atoms with van der Waals surface area (Å²) < 4.78 is 16.8. The predicted molar refractivity (Wildman–Crippen MR) is 102 cm³/mol. The molecule has 3 heterocycles. The van der Waals surface area contributed by atoms with E-state index in [1.807, 2.05) is 4.57 Å². The normalized spacial score (nSPS) is 24.4. The Morgan fingerprint density at radius 3 is 2.57 bits per heavy atom. The van der Waals surface area contributed by atoms with Crippen LogP contribution in [0.1, 0.15) is 35.7 Å². The Balaban J connectivity index is 1.60. The van der Waals surface area contributed by atoms with E-state index in [1.54, 1.807) is 6.07 Å². The molecule has 5 rings (SSSR count). The van der Waals surface area contributed by atoms with E-state index < -0.39 is 17.2 Å². The number of hydrogen-bond donors (Lipinski definition) is 2. The van der Waals surface area contributed by atoms with Gasteiger partial charge in [0.05, 0.1) is 17.8 Å². The highest BCUT2D eigenvalue weighted by atomic mass is 19.1. The molecule has 148 valence electrons. The molecule has 3 fully saturated rings. The lowest BCUT2D eigenvalue weighted by atomic mass is 10.1. The van der Waals surface area contributed by atoms with Crippen LogP contribution in [-0.4, -0.2) is 64.0 Å². The highest BCUT2D eigenvalue weighted by Gasteiger charge is 2.43. The monoisotopic (exact) mass is 387 g/mol. The summed E-state index contributed by atoms with van der Waals surface area (Å²) in [5, 5.41) is 18.7. The number of β-amino-alcohol motifs (C(OH)–C–C–N with tert-alkyl or cyclic N) is 1. The molecule has 0 amide bonds. The third-order valence-corrected chi connectivity index (χ3v) is 6.32. The van der Waals surface area contributed by atoms with Gasteiger partial charge in [-0.05, 0) is 31.4 Å². The molecule has 7 nitrogen and oxygen atoms in total. The van der Waals surface area contributed by atoms with Gasteiger partial charge in [0.15, 0.2) is 0 Å². The molecule has 0 spiro atoms. The average molecular weight is 387 g/mol. The van der Waals surface area contributed by atoms with Gasteiger partial charge in [0.2, 0.25) is 5.43 Å².